The molecule has 1 saturated heterocycles. The Kier molecular flexibility index (Phi) is 6.02. The van der Waals surface area contributed by atoms with Crippen LogP contribution in [0.2, 0.25) is 0 Å². The lowest BCUT2D eigenvalue weighted by atomic mass is 10.1. The number of nitrogens with one attached hydrogen (secondary N) is 1. The number of hydrogen-bond acceptors (Lipinski definition) is 3. The number of benzene rings is 1. The van der Waals surface area contributed by atoms with E-state index in [9.17, 15) is 4.79 Å². The Morgan fingerprint density at radius 1 is 1.20 bits per heavy atom. The summed E-state index contributed by atoms with van der Waals surface area (Å²) in [6.45, 7) is 4.19. The fraction of sp³-hybridized carbons (Fsp3) is 0.562. The Hall–Kier alpha value is -1.39. The Labute approximate surface area is 121 Å². The zero-order valence-corrected chi connectivity index (χ0v) is 12.1. The van der Waals surface area contributed by atoms with Gasteiger partial charge in [-0.05, 0) is 44.5 Å². The number of carbonyl (C=O) groups excluding carboxylic acids is 1. The molecule has 1 unspecified atom stereocenters. The molecule has 1 aromatic rings. The summed E-state index contributed by atoms with van der Waals surface area (Å²) in [7, 11) is 0. The molecule has 0 aliphatic carbocycles. The first kappa shape index (κ1) is 15.0. The second-order valence-electron chi connectivity index (χ2n) is 5.44. The summed E-state index contributed by atoms with van der Waals surface area (Å²) >= 11 is 0. The molecule has 0 saturated carbocycles. The van der Waals surface area contributed by atoms with Gasteiger partial charge in [-0.15, -0.1) is 0 Å². The molecule has 1 aromatic carbocycles. The number of piperidine rings is 1. The van der Waals surface area contributed by atoms with Crippen molar-refractivity contribution >= 4 is 5.91 Å². The summed E-state index contributed by atoms with van der Waals surface area (Å²) in [6, 6.07) is 8.94. The van der Waals surface area contributed by atoms with Gasteiger partial charge in [-0.2, -0.15) is 0 Å². The van der Waals surface area contributed by atoms with E-state index >= 15 is 0 Å². The molecule has 0 bridgehead atoms. The van der Waals surface area contributed by atoms with E-state index in [1.54, 1.807) is 0 Å². The van der Waals surface area contributed by atoms with E-state index in [-0.39, 0.29) is 5.91 Å². The molecule has 1 aliphatic rings. The smallest absolute Gasteiger partial charge is 0.241 e. The molecule has 0 spiro atoms. The van der Waals surface area contributed by atoms with Gasteiger partial charge in [-0.25, -0.2) is 0 Å². The largest absolute Gasteiger partial charge is 0.354 e. The quantitative estimate of drug-likeness (QED) is 0.777. The fourth-order valence-corrected chi connectivity index (χ4v) is 2.62. The van der Waals surface area contributed by atoms with Crippen LogP contribution in [-0.4, -0.2) is 37.0 Å². The molecule has 2 rings (SSSR count). The lowest BCUT2D eigenvalue weighted by Gasteiger charge is -2.26. The van der Waals surface area contributed by atoms with Gasteiger partial charge in [0.1, 0.15) is 6.04 Å². The van der Waals surface area contributed by atoms with Crippen LogP contribution < -0.4 is 11.1 Å². The molecule has 20 heavy (non-hydrogen) atoms. The van der Waals surface area contributed by atoms with Gasteiger partial charge in [0.15, 0.2) is 0 Å². The number of likely N-dealkylation sites (tertiary alicyclic amines) is 1. The highest BCUT2D eigenvalue weighted by atomic mass is 16.2. The van der Waals surface area contributed by atoms with Crippen molar-refractivity contribution in [2.45, 2.75) is 31.7 Å². The van der Waals surface area contributed by atoms with Crippen molar-refractivity contribution in [1.29, 1.82) is 0 Å². The van der Waals surface area contributed by atoms with Crippen LogP contribution in [0.3, 0.4) is 0 Å². The first-order valence-corrected chi connectivity index (χ1v) is 7.58. The molecular weight excluding hydrogens is 250 g/mol. The predicted molar refractivity (Wildman–Crippen MR) is 81.3 cm³/mol. The van der Waals surface area contributed by atoms with E-state index in [0.29, 0.717) is 6.54 Å². The minimum absolute atomic E-state index is 0.0881. The van der Waals surface area contributed by atoms with Crippen LogP contribution in [0.4, 0.5) is 0 Å². The highest BCUT2D eigenvalue weighted by Crippen LogP contribution is 2.10. The summed E-state index contributed by atoms with van der Waals surface area (Å²) < 4.78 is 0. The summed E-state index contributed by atoms with van der Waals surface area (Å²) in [5.41, 5.74) is 6.80. The number of nitrogens with zero attached hydrogens (tertiary/aromatic N) is 1. The van der Waals surface area contributed by atoms with E-state index in [1.807, 2.05) is 30.3 Å². The Morgan fingerprint density at radius 2 is 1.90 bits per heavy atom. The van der Waals surface area contributed by atoms with E-state index in [0.717, 1.165) is 18.5 Å². The zero-order chi connectivity index (χ0) is 14.2. The number of rotatable bonds is 6. The van der Waals surface area contributed by atoms with E-state index in [1.165, 1.54) is 32.4 Å². The highest BCUT2D eigenvalue weighted by Gasteiger charge is 2.15. The molecule has 4 heteroatoms. The Bertz CT molecular complexity index is 401. The first-order chi connectivity index (χ1) is 9.77. The number of amides is 1. The van der Waals surface area contributed by atoms with Gasteiger partial charge < -0.3 is 16.0 Å². The first-order valence-electron chi connectivity index (χ1n) is 7.58. The number of nitrogens with two attached hydrogens (primary N) is 1. The molecule has 1 aliphatic heterocycles. The van der Waals surface area contributed by atoms with Crippen molar-refractivity contribution < 1.29 is 4.79 Å². The third-order valence-electron chi connectivity index (χ3n) is 3.84. The Balaban J connectivity index is 1.64. The molecule has 1 amide bonds. The summed E-state index contributed by atoms with van der Waals surface area (Å²) in [4.78, 5) is 14.4. The summed E-state index contributed by atoms with van der Waals surface area (Å²) in [5.74, 6) is -0.0881. The second-order valence-corrected chi connectivity index (χ2v) is 5.44. The van der Waals surface area contributed by atoms with Crippen LogP contribution in [0.1, 0.15) is 37.3 Å². The molecule has 1 atom stereocenters. The van der Waals surface area contributed by atoms with Gasteiger partial charge in [-0.3, -0.25) is 4.79 Å². The molecule has 0 aromatic heterocycles. The van der Waals surface area contributed by atoms with Gasteiger partial charge in [0.25, 0.3) is 0 Å². The third kappa shape index (κ3) is 4.62. The van der Waals surface area contributed by atoms with Crippen LogP contribution in [-0.2, 0) is 4.79 Å². The van der Waals surface area contributed by atoms with Crippen molar-refractivity contribution in [2.24, 2.45) is 5.73 Å². The Morgan fingerprint density at radius 3 is 2.60 bits per heavy atom. The van der Waals surface area contributed by atoms with Crippen LogP contribution >= 0.6 is 0 Å². The van der Waals surface area contributed by atoms with Gasteiger partial charge >= 0.3 is 0 Å². The van der Waals surface area contributed by atoms with Crippen molar-refractivity contribution in [3.05, 3.63) is 35.9 Å². The van der Waals surface area contributed by atoms with Gasteiger partial charge in [-0.1, -0.05) is 36.8 Å². The average molecular weight is 275 g/mol. The van der Waals surface area contributed by atoms with E-state index < -0.39 is 6.04 Å². The van der Waals surface area contributed by atoms with Crippen LogP contribution in [0.25, 0.3) is 0 Å². The summed E-state index contributed by atoms with van der Waals surface area (Å²) in [6.07, 6.45) is 4.98. The predicted octanol–water partition coefficient (Wildman–Crippen LogP) is 1.68. The molecule has 1 heterocycles. The minimum atomic E-state index is -0.564. The minimum Gasteiger partial charge on any atom is -0.354 e. The van der Waals surface area contributed by atoms with Gasteiger partial charge in [0, 0.05) is 6.54 Å². The molecular formula is C16H25N3O. The van der Waals surface area contributed by atoms with Crippen molar-refractivity contribution in [1.82, 2.24) is 10.2 Å². The van der Waals surface area contributed by atoms with Crippen molar-refractivity contribution in [3.63, 3.8) is 0 Å². The maximum Gasteiger partial charge on any atom is 0.241 e. The van der Waals surface area contributed by atoms with Crippen molar-refractivity contribution in [3.8, 4) is 0 Å². The van der Waals surface area contributed by atoms with E-state index in [4.69, 9.17) is 5.73 Å². The molecule has 4 nitrogen and oxygen atoms in total. The topological polar surface area (TPSA) is 58.4 Å². The van der Waals surface area contributed by atoms with Crippen LogP contribution in [0.15, 0.2) is 30.3 Å². The molecule has 1 fully saturated rings. The SMILES string of the molecule is NC(C(=O)NCCCN1CCCCC1)c1ccccc1. The molecule has 0 radical (unpaired) electrons. The lowest BCUT2D eigenvalue weighted by molar-refractivity contribution is -0.122. The standard InChI is InChI=1S/C16H25N3O/c17-15(14-8-3-1-4-9-14)16(20)18-10-7-13-19-11-5-2-6-12-19/h1,3-4,8-9,15H,2,5-7,10-13,17H2,(H,18,20). The van der Waals surface area contributed by atoms with E-state index in [2.05, 4.69) is 10.2 Å². The second kappa shape index (κ2) is 8.02. The van der Waals surface area contributed by atoms with Gasteiger partial charge in [0.2, 0.25) is 5.91 Å². The number of carbonyl (C=O) groups is 1. The average Bonchev–Trinajstić information content (AvgIpc) is 2.52. The number of hydrogen-bond donors (Lipinski definition) is 2. The third-order valence-corrected chi connectivity index (χ3v) is 3.84. The monoisotopic (exact) mass is 275 g/mol. The van der Waals surface area contributed by atoms with Crippen LogP contribution in [0.5, 0.6) is 0 Å². The summed E-state index contributed by atoms with van der Waals surface area (Å²) in [5, 5.41) is 2.93. The normalized spacial score (nSPS) is 17.6. The molecule has 3 N–H and O–H groups in total. The fourth-order valence-electron chi connectivity index (χ4n) is 2.62. The maximum absolute atomic E-state index is 11.9. The molecule has 110 valence electrons. The lowest BCUT2D eigenvalue weighted by Crippen LogP contribution is -2.37. The maximum atomic E-state index is 11.9. The zero-order valence-electron chi connectivity index (χ0n) is 12.1. The van der Waals surface area contributed by atoms with Crippen LogP contribution in [0, 0.1) is 0 Å². The highest BCUT2D eigenvalue weighted by molar-refractivity contribution is 5.82. The van der Waals surface area contributed by atoms with Gasteiger partial charge in [0.05, 0.1) is 0 Å². The van der Waals surface area contributed by atoms with Crippen molar-refractivity contribution in [2.75, 3.05) is 26.2 Å².